The lowest BCUT2D eigenvalue weighted by molar-refractivity contribution is -0.120. The highest BCUT2D eigenvalue weighted by atomic mass is 35.5. The van der Waals surface area contributed by atoms with Gasteiger partial charge in [0.05, 0.1) is 28.0 Å². The number of carbonyl (C=O) groups is 1. The van der Waals surface area contributed by atoms with Crippen LogP contribution < -0.4 is 5.73 Å². The highest BCUT2D eigenvalue weighted by molar-refractivity contribution is 7.91. The summed E-state index contributed by atoms with van der Waals surface area (Å²) in [7, 11) is -3.98. The number of allylic oxidation sites excluding steroid dienone is 1. The van der Waals surface area contributed by atoms with Crippen molar-refractivity contribution in [1.82, 2.24) is 0 Å². The molecule has 2 heterocycles. The highest BCUT2D eigenvalue weighted by Gasteiger charge is 2.35. The minimum Gasteiger partial charge on any atom is -0.357 e. The van der Waals surface area contributed by atoms with E-state index in [2.05, 4.69) is 5.16 Å². The van der Waals surface area contributed by atoms with Crippen molar-refractivity contribution >= 4 is 38.7 Å². The first kappa shape index (κ1) is 24.2. The van der Waals surface area contributed by atoms with E-state index in [4.69, 9.17) is 22.2 Å². The van der Waals surface area contributed by atoms with Crippen molar-refractivity contribution in [3.63, 3.8) is 0 Å². The van der Waals surface area contributed by atoms with Gasteiger partial charge in [-0.1, -0.05) is 28.9 Å². The summed E-state index contributed by atoms with van der Waals surface area (Å²) in [6.07, 6.45) is 5.67. The molecule has 35 heavy (non-hydrogen) atoms. The molecule has 0 aromatic heterocycles. The molecule has 2 aromatic carbocycles. The Hall–Kier alpha value is -2.55. The van der Waals surface area contributed by atoms with Crippen LogP contribution in [0.3, 0.4) is 0 Å². The average molecular weight is 517 g/mol. The maximum absolute atomic E-state index is 15.3. The minimum atomic E-state index is -3.98. The zero-order valence-electron chi connectivity index (χ0n) is 19.0. The zero-order chi connectivity index (χ0) is 24.7. The summed E-state index contributed by atoms with van der Waals surface area (Å²) in [5.41, 5.74) is 8.42. The lowest BCUT2D eigenvalue weighted by Crippen LogP contribution is -2.40. The molecule has 1 saturated carbocycles. The second kappa shape index (κ2) is 9.48. The van der Waals surface area contributed by atoms with E-state index in [-0.39, 0.29) is 28.4 Å². The van der Waals surface area contributed by atoms with Crippen LogP contribution in [0.2, 0.25) is 5.02 Å². The van der Waals surface area contributed by atoms with Crippen LogP contribution in [0.15, 0.2) is 52.5 Å². The van der Waals surface area contributed by atoms with E-state index in [0.29, 0.717) is 35.8 Å². The molecular weight excluding hydrogens is 491 g/mol. The standard InChI is InChI=1S/C26H26ClFN2O4S/c27-18-7-2-15(3-8-18)1-4-17-11-24(31)22(29)14-35(32,33)26-13-21(28)20(12-19(17)26)25-10-9-23(30-34-25)16-5-6-16/h2-3,7-8,10,12-13,16-17,22H,1,4-6,9,11,14,29H2/t17?,22-/m0/s1. The lowest BCUT2D eigenvalue weighted by atomic mass is 9.85. The van der Waals surface area contributed by atoms with Gasteiger partial charge in [0.1, 0.15) is 5.82 Å². The van der Waals surface area contributed by atoms with Gasteiger partial charge in [0, 0.05) is 23.8 Å². The third-order valence-electron chi connectivity index (χ3n) is 6.90. The molecule has 1 aliphatic carbocycles. The fourth-order valence-corrected chi connectivity index (χ4v) is 6.55. The molecule has 6 nitrogen and oxygen atoms in total. The molecule has 9 heteroatoms. The smallest absolute Gasteiger partial charge is 0.180 e. The SMILES string of the molecule is N[C@H]1CS(=O)(=O)c2cc(F)c(C3=CCC(C4CC4)=NO3)cc2C(CCc2ccc(Cl)cc2)CC1=O. The number of hydrogen-bond acceptors (Lipinski definition) is 6. The van der Waals surface area contributed by atoms with Crippen molar-refractivity contribution in [2.24, 2.45) is 16.8 Å². The molecule has 2 aliphatic heterocycles. The van der Waals surface area contributed by atoms with Gasteiger partial charge in [-0.3, -0.25) is 4.79 Å². The molecule has 2 atom stereocenters. The lowest BCUT2D eigenvalue weighted by Gasteiger charge is -2.26. The number of nitrogens with zero attached hydrogens (tertiary/aromatic N) is 1. The van der Waals surface area contributed by atoms with Crippen molar-refractivity contribution in [3.05, 3.63) is 70.0 Å². The van der Waals surface area contributed by atoms with Crippen LogP contribution in [0.5, 0.6) is 0 Å². The molecule has 5 rings (SSSR count). The van der Waals surface area contributed by atoms with Crippen molar-refractivity contribution < 1.29 is 22.4 Å². The first-order valence-corrected chi connectivity index (χ1v) is 13.8. The normalized spacial score (nSPS) is 23.9. The van der Waals surface area contributed by atoms with E-state index in [1.165, 1.54) is 6.07 Å². The Morgan fingerprint density at radius 3 is 2.57 bits per heavy atom. The van der Waals surface area contributed by atoms with Crippen molar-refractivity contribution in [3.8, 4) is 0 Å². The second-order valence-corrected chi connectivity index (χ2v) is 12.0. The third kappa shape index (κ3) is 5.20. The number of oxime groups is 1. The summed E-state index contributed by atoms with van der Waals surface area (Å²) in [5.74, 6) is -1.34. The molecule has 0 bridgehead atoms. The van der Waals surface area contributed by atoms with Gasteiger partial charge in [0.15, 0.2) is 21.4 Å². The molecule has 2 aromatic rings. The van der Waals surface area contributed by atoms with E-state index in [9.17, 15) is 13.2 Å². The van der Waals surface area contributed by atoms with E-state index in [0.717, 1.165) is 30.2 Å². The number of carbonyl (C=O) groups excluding carboxylic acids is 1. The summed E-state index contributed by atoms with van der Waals surface area (Å²) in [6.45, 7) is 0. The summed E-state index contributed by atoms with van der Waals surface area (Å²) in [6, 6.07) is 8.76. The molecule has 3 aliphatic rings. The molecule has 0 spiro atoms. The number of aryl methyl sites for hydroxylation is 1. The Morgan fingerprint density at radius 2 is 1.91 bits per heavy atom. The number of benzene rings is 2. The molecule has 184 valence electrons. The predicted molar refractivity (Wildman–Crippen MR) is 132 cm³/mol. The van der Waals surface area contributed by atoms with E-state index < -0.39 is 33.4 Å². The number of hydrogen-bond donors (Lipinski definition) is 1. The predicted octanol–water partition coefficient (Wildman–Crippen LogP) is 4.80. The van der Waals surface area contributed by atoms with Crippen molar-refractivity contribution in [1.29, 1.82) is 0 Å². The van der Waals surface area contributed by atoms with Crippen molar-refractivity contribution in [2.45, 2.75) is 55.4 Å². The molecule has 0 radical (unpaired) electrons. The molecule has 1 unspecified atom stereocenters. The summed E-state index contributed by atoms with van der Waals surface area (Å²) in [5, 5.41) is 4.79. The quantitative estimate of drug-likeness (QED) is 0.615. The Kier molecular flexibility index (Phi) is 6.55. The number of rotatable bonds is 5. The van der Waals surface area contributed by atoms with Crippen molar-refractivity contribution in [2.75, 3.05) is 5.75 Å². The zero-order valence-corrected chi connectivity index (χ0v) is 20.6. The fraction of sp³-hybridized carbons (Fsp3) is 0.385. The Morgan fingerprint density at radius 1 is 1.17 bits per heavy atom. The number of fused-ring (bicyclic) bond motifs is 1. The van der Waals surface area contributed by atoms with Crippen LogP contribution in [-0.4, -0.2) is 31.7 Å². The van der Waals surface area contributed by atoms with Gasteiger partial charge in [0.25, 0.3) is 0 Å². The highest BCUT2D eigenvalue weighted by Crippen LogP contribution is 2.39. The van der Waals surface area contributed by atoms with Gasteiger partial charge < -0.3 is 10.6 Å². The maximum atomic E-state index is 15.3. The molecule has 2 N–H and O–H groups in total. The average Bonchev–Trinajstić information content (AvgIpc) is 3.67. The molecular formula is C26H26ClFN2O4S. The maximum Gasteiger partial charge on any atom is 0.180 e. The van der Waals surface area contributed by atoms with Crippen LogP contribution in [0, 0.1) is 11.7 Å². The van der Waals surface area contributed by atoms with E-state index >= 15 is 4.39 Å². The topological polar surface area (TPSA) is 98.8 Å². The molecule has 0 saturated heterocycles. The van der Waals surface area contributed by atoms with E-state index in [1.54, 1.807) is 18.2 Å². The fourth-order valence-electron chi connectivity index (χ4n) is 4.72. The van der Waals surface area contributed by atoms with Crippen LogP contribution in [0.1, 0.15) is 54.7 Å². The minimum absolute atomic E-state index is 0.0756. The monoisotopic (exact) mass is 516 g/mol. The van der Waals surface area contributed by atoms with Gasteiger partial charge >= 0.3 is 0 Å². The number of halogens is 2. The molecule has 0 amide bonds. The summed E-state index contributed by atoms with van der Waals surface area (Å²) in [4.78, 5) is 18.2. The molecule has 1 fully saturated rings. The number of Topliss-reactive ketones (excluding diaryl/α,β-unsaturated/α-hetero) is 1. The Balaban J connectivity index is 1.52. The first-order chi connectivity index (χ1) is 16.7. The van der Waals surface area contributed by atoms with Gasteiger partial charge in [-0.25, -0.2) is 12.8 Å². The largest absolute Gasteiger partial charge is 0.357 e. The van der Waals surface area contributed by atoms with Gasteiger partial charge in [-0.05, 0) is 73.1 Å². The number of nitrogens with two attached hydrogens (primary N) is 1. The summed E-state index contributed by atoms with van der Waals surface area (Å²) < 4.78 is 41.5. The van der Waals surface area contributed by atoms with Gasteiger partial charge in [0.2, 0.25) is 0 Å². The van der Waals surface area contributed by atoms with Gasteiger partial charge in [-0.2, -0.15) is 0 Å². The van der Waals surface area contributed by atoms with Crippen LogP contribution >= 0.6 is 11.6 Å². The first-order valence-electron chi connectivity index (χ1n) is 11.7. The van der Waals surface area contributed by atoms with Crippen LogP contribution in [0.25, 0.3) is 5.76 Å². The number of sulfone groups is 1. The number of ketones is 1. The third-order valence-corrected chi connectivity index (χ3v) is 8.97. The van der Waals surface area contributed by atoms with Crippen LogP contribution in [0.4, 0.5) is 4.39 Å². The van der Waals surface area contributed by atoms with Gasteiger partial charge in [-0.15, -0.1) is 0 Å². The Labute approximate surface area is 208 Å². The second-order valence-electron chi connectivity index (χ2n) is 9.51. The van der Waals surface area contributed by atoms with Crippen LogP contribution in [-0.2, 0) is 25.9 Å². The van der Waals surface area contributed by atoms with E-state index in [1.807, 2.05) is 12.1 Å². The summed E-state index contributed by atoms with van der Waals surface area (Å²) >= 11 is 5.98. The Bertz CT molecular complexity index is 1330.